The zero-order valence-corrected chi connectivity index (χ0v) is 9.44. The molecule has 0 saturated heterocycles. The van der Waals surface area contributed by atoms with E-state index in [-0.39, 0.29) is 12.1 Å². The molecule has 14 heavy (non-hydrogen) atoms. The molecule has 1 aliphatic carbocycles. The van der Waals surface area contributed by atoms with Crippen LogP contribution in [0.2, 0.25) is 0 Å². The third kappa shape index (κ3) is 2.88. The van der Waals surface area contributed by atoms with Crippen LogP contribution in [0.5, 0.6) is 0 Å². The summed E-state index contributed by atoms with van der Waals surface area (Å²) in [5.74, 6) is 0.790. The molecule has 1 aliphatic rings. The Morgan fingerprint density at radius 3 is 3.07 bits per heavy atom. The van der Waals surface area contributed by atoms with E-state index >= 15 is 0 Å². The van der Waals surface area contributed by atoms with Gasteiger partial charge in [-0.1, -0.05) is 6.92 Å². The van der Waals surface area contributed by atoms with Crippen LogP contribution in [0.3, 0.4) is 0 Å². The first-order chi connectivity index (χ1) is 6.76. The molecule has 0 amide bonds. The number of nitrogens with zero attached hydrogens (tertiary/aromatic N) is 1. The molecule has 0 spiro atoms. The summed E-state index contributed by atoms with van der Waals surface area (Å²) in [5, 5.41) is 21.7. The Morgan fingerprint density at radius 1 is 1.71 bits per heavy atom. The van der Waals surface area contributed by atoms with E-state index in [0.29, 0.717) is 5.25 Å². The third-order valence-electron chi connectivity index (χ3n) is 2.64. The maximum atomic E-state index is 9.12. The van der Waals surface area contributed by atoms with Gasteiger partial charge in [-0.25, -0.2) is 0 Å². The topological polar surface area (TPSA) is 56.0 Å². The number of hydrogen-bond acceptors (Lipinski definition) is 4. The molecule has 0 aliphatic heterocycles. The first-order valence-corrected chi connectivity index (χ1v) is 6.20. The Balaban J connectivity index is 2.41. The minimum absolute atomic E-state index is 0.238. The molecule has 0 aromatic carbocycles. The van der Waals surface area contributed by atoms with Gasteiger partial charge < -0.3 is 5.11 Å². The Labute approximate surface area is 89.9 Å². The summed E-state index contributed by atoms with van der Waals surface area (Å²) >= 11 is 1.79. The van der Waals surface area contributed by atoms with Crippen LogP contribution in [-0.2, 0) is 0 Å². The molecule has 1 saturated carbocycles. The molecular weight excluding hydrogens is 196 g/mol. The molecule has 2 N–H and O–H groups in total. The van der Waals surface area contributed by atoms with Crippen molar-refractivity contribution < 1.29 is 5.11 Å². The van der Waals surface area contributed by atoms with E-state index in [2.05, 4.69) is 11.4 Å². The fraction of sp³-hybridized carbons (Fsp3) is 0.900. The highest BCUT2D eigenvalue weighted by atomic mass is 32.2. The Bertz CT molecular complexity index is 217. The average molecular weight is 214 g/mol. The number of aliphatic hydroxyl groups is 1. The lowest BCUT2D eigenvalue weighted by Gasteiger charge is -2.21. The van der Waals surface area contributed by atoms with Gasteiger partial charge in [0.25, 0.3) is 0 Å². The van der Waals surface area contributed by atoms with Crippen LogP contribution in [0, 0.1) is 11.3 Å². The fourth-order valence-electron chi connectivity index (χ4n) is 2.00. The van der Waals surface area contributed by atoms with Crippen LogP contribution in [0.4, 0.5) is 0 Å². The summed E-state index contributed by atoms with van der Waals surface area (Å²) < 4.78 is 0. The molecular formula is C10H18N2OS. The van der Waals surface area contributed by atoms with Gasteiger partial charge in [0.2, 0.25) is 0 Å². The molecule has 0 radical (unpaired) electrons. The minimum atomic E-state index is -0.290. The second-order valence-electron chi connectivity index (χ2n) is 3.68. The zero-order valence-electron chi connectivity index (χ0n) is 8.62. The van der Waals surface area contributed by atoms with Crippen molar-refractivity contribution in [1.29, 1.82) is 5.26 Å². The number of hydrogen-bond donors (Lipinski definition) is 2. The lowest BCUT2D eigenvalue weighted by atomic mass is 10.0. The Hall–Kier alpha value is -0.240. The quantitative estimate of drug-likeness (QED) is 0.720. The molecule has 4 heteroatoms. The van der Waals surface area contributed by atoms with Gasteiger partial charge in [-0.15, -0.1) is 0 Å². The van der Waals surface area contributed by atoms with Crippen LogP contribution in [0.25, 0.3) is 0 Å². The standard InChI is InChI=1S/C10H18N2OS/c1-2-12-10(8-11)4-3-9(7-10)14-6-5-13/h9,12-13H,2-7H2,1H3. The van der Waals surface area contributed by atoms with Crippen LogP contribution in [-0.4, -0.2) is 34.8 Å². The third-order valence-corrected chi connectivity index (χ3v) is 3.94. The summed E-state index contributed by atoms with van der Waals surface area (Å²) in [6.45, 7) is 3.13. The van der Waals surface area contributed by atoms with Crippen LogP contribution in [0.15, 0.2) is 0 Å². The highest BCUT2D eigenvalue weighted by molar-refractivity contribution is 7.99. The van der Waals surface area contributed by atoms with Crippen molar-refractivity contribution in [2.24, 2.45) is 0 Å². The largest absolute Gasteiger partial charge is 0.396 e. The first-order valence-electron chi connectivity index (χ1n) is 5.15. The number of rotatable bonds is 5. The van der Waals surface area contributed by atoms with E-state index in [1.807, 2.05) is 6.92 Å². The molecule has 3 nitrogen and oxygen atoms in total. The second-order valence-corrected chi connectivity index (χ2v) is 5.09. The maximum Gasteiger partial charge on any atom is 0.107 e. The van der Waals surface area contributed by atoms with Crippen LogP contribution < -0.4 is 5.32 Å². The van der Waals surface area contributed by atoms with Crippen LogP contribution in [0.1, 0.15) is 26.2 Å². The summed E-state index contributed by atoms with van der Waals surface area (Å²) in [5.41, 5.74) is -0.290. The predicted molar refractivity (Wildman–Crippen MR) is 59.2 cm³/mol. The van der Waals surface area contributed by atoms with Gasteiger partial charge in [-0.3, -0.25) is 5.32 Å². The van der Waals surface area contributed by atoms with E-state index in [1.165, 1.54) is 0 Å². The highest BCUT2D eigenvalue weighted by Crippen LogP contribution is 2.36. The number of nitriles is 1. The smallest absolute Gasteiger partial charge is 0.107 e. The molecule has 0 aromatic rings. The van der Waals surface area contributed by atoms with E-state index < -0.39 is 0 Å². The summed E-state index contributed by atoms with van der Waals surface area (Å²) in [6, 6.07) is 2.40. The van der Waals surface area contributed by atoms with Crippen molar-refractivity contribution in [1.82, 2.24) is 5.32 Å². The van der Waals surface area contributed by atoms with Gasteiger partial charge in [-0.05, 0) is 25.8 Å². The molecule has 0 heterocycles. The Kier molecular flexibility index (Phi) is 4.73. The number of nitrogens with one attached hydrogen (secondary N) is 1. The van der Waals surface area contributed by atoms with Gasteiger partial charge in [0.1, 0.15) is 5.54 Å². The molecule has 1 fully saturated rings. The highest BCUT2D eigenvalue weighted by Gasteiger charge is 2.38. The SMILES string of the molecule is CCNC1(C#N)CCC(SCCO)C1. The van der Waals surface area contributed by atoms with Gasteiger partial charge in [0.05, 0.1) is 12.7 Å². The van der Waals surface area contributed by atoms with Crippen LogP contribution >= 0.6 is 11.8 Å². The fourth-order valence-corrected chi connectivity index (χ4v) is 3.13. The van der Waals surface area contributed by atoms with Crippen molar-refractivity contribution in [3.63, 3.8) is 0 Å². The van der Waals surface area contributed by atoms with Gasteiger partial charge in [0.15, 0.2) is 0 Å². The summed E-state index contributed by atoms with van der Waals surface area (Å²) in [7, 11) is 0. The van der Waals surface area contributed by atoms with E-state index in [4.69, 9.17) is 10.4 Å². The molecule has 80 valence electrons. The monoisotopic (exact) mass is 214 g/mol. The minimum Gasteiger partial charge on any atom is -0.396 e. The van der Waals surface area contributed by atoms with Crippen molar-refractivity contribution >= 4 is 11.8 Å². The van der Waals surface area contributed by atoms with E-state index in [9.17, 15) is 0 Å². The van der Waals surface area contributed by atoms with Gasteiger partial charge >= 0.3 is 0 Å². The van der Waals surface area contributed by atoms with E-state index in [1.54, 1.807) is 11.8 Å². The average Bonchev–Trinajstić information content (AvgIpc) is 2.60. The number of thioether (sulfide) groups is 1. The zero-order chi connectivity index (χ0) is 10.4. The normalized spacial score (nSPS) is 31.6. The van der Waals surface area contributed by atoms with Gasteiger partial charge in [-0.2, -0.15) is 17.0 Å². The molecule has 0 aromatic heterocycles. The summed E-state index contributed by atoms with van der Waals surface area (Å²) in [6.07, 6.45) is 2.95. The van der Waals surface area contributed by atoms with Crippen molar-refractivity contribution in [2.45, 2.75) is 37.0 Å². The van der Waals surface area contributed by atoms with Crippen molar-refractivity contribution in [3.05, 3.63) is 0 Å². The number of aliphatic hydroxyl groups excluding tert-OH is 1. The van der Waals surface area contributed by atoms with Crippen molar-refractivity contribution in [2.75, 3.05) is 18.9 Å². The molecule has 2 unspecified atom stereocenters. The molecule has 1 rings (SSSR count). The summed E-state index contributed by atoms with van der Waals surface area (Å²) in [4.78, 5) is 0. The first kappa shape index (κ1) is 11.8. The lowest BCUT2D eigenvalue weighted by molar-refractivity contribution is 0.322. The van der Waals surface area contributed by atoms with Gasteiger partial charge in [0, 0.05) is 11.0 Å². The lowest BCUT2D eigenvalue weighted by Crippen LogP contribution is -2.41. The molecule has 2 atom stereocenters. The second kappa shape index (κ2) is 5.59. The Morgan fingerprint density at radius 2 is 2.50 bits per heavy atom. The predicted octanol–water partition coefficient (Wildman–Crippen LogP) is 1.14. The molecule has 0 bridgehead atoms. The maximum absolute atomic E-state index is 9.12. The van der Waals surface area contributed by atoms with Crippen molar-refractivity contribution in [3.8, 4) is 6.07 Å². The van der Waals surface area contributed by atoms with E-state index in [0.717, 1.165) is 31.6 Å².